The van der Waals surface area contributed by atoms with E-state index in [1.165, 1.54) is 24.2 Å². The lowest BCUT2D eigenvalue weighted by Gasteiger charge is -2.19. The van der Waals surface area contributed by atoms with Crippen LogP contribution in [0.3, 0.4) is 0 Å². The molecular formula is C16H21N3O5S. The highest BCUT2D eigenvalue weighted by Crippen LogP contribution is 2.22. The van der Waals surface area contributed by atoms with Crippen LogP contribution in [0.2, 0.25) is 0 Å². The quantitative estimate of drug-likeness (QED) is 0.734. The summed E-state index contributed by atoms with van der Waals surface area (Å²) < 4.78 is 33.9. The fourth-order valence-corrected chi connectivity index (χ4v) is 3.50. The van der Waals surface area contributed by atoms with Gasteiger partial charge >= 0.3 is 5.97 Å². The summed E-state index contributed by atoms with van der Waals surface area (Å²) in [6.07, 6.45) is 3.01. The molecule has 2 N–H and O–H groups in total. The standard InChI is InChI=1S/C16H21N3O5S/c1-4-11(2)15(16(20)21)18-25(22,23)12-9-17-19(10-12)13-7-5-6-8-14(13)24-3/h5-11,15,18H,4H2,1-3H3,(H,20,21)/t11-,15-/m0/s1. The van der Waals surface area contributed by atoms with Crippen molar-refractivity contribution in [1.82, 2.24) is 14.5 Å². The minimum absolute atomic E-state index is 0.118. The summed E-state index contributed by atoms with van der Waals surface area (Å²) in [5.74, 6) is -1.03. The minimum Gasteiger partial charge on any atom is -0.494 e. The van der Waals surface area contributed by atoms with Crippen molar-refractivity contribution < 1.29 is 23.1 Å². The van der Waals surface area contributed by atoms with Gasteiger partial charge in [-0.15, -0.1) is 0 Å². The number of aliphatic carboxylic acids is 1. The molecule has 0 aliphatic carbocycles. The summed E-state index contributed by atoms with van der Waals surface area (Å²) in [5, 5.41) is 13.3. The molecule has 1 aromatic carbocycles. The third kappa shape index (κ3) is 4.18. The molecule has 136 valence electrons. The van der Waals surface area contributed by atoms with Crippen LogP contribution < -0.4 is 9.46 Å². The van der Waals surface area contributed by atoms with Gasteiger partial charge in [0.05, 0.1) is 19.5 Å². The molecule has 0 bridgehead atoms. The van der Waals surface area contributed by atoms with Gasteiger partial charge in [-0.1, -0.05) is 32.4 Å². The second kappa shape index (κ2) is 7.66. The van der Waals surface area contributed by atoms with Crippen LogP contribution in [-0.2, 0) is 14.8 Å². The Hall–Kier alpha value is -2.39. The summed E-state index contributed by atoms with van der Waals surface area (Å²) in [4.78, 5) is 11.2. The van der Waals surface area contributed by atoms with Crippen LogP contribution in [0.1, 0.15) is 20.3 Å². The van der Waals surface area contributed by atoms with Crippen LogP contribution in [0, 0.1) is 5.92 Å². The van der Waals surface area contributed by atoms with E-state index in [1.807, 2.05) is 0 Å². The van der Waals surface area contributed by atoms with Crippen LogP contribution in [-0.4, -0.2) is 42.4 Å². The molecule has 0 radical (unpaired) electrons. The van der Waals surface area contributed by atoms with Crippen LogP contribution in [0.15, 0.2) is 41.6 Å². The first-order valence-electron chi connectivity index (χ1n) is 7.73. The minimum atomic E-state index is -4.02. The fraction of sp³-hybridized carbons (Fsp3) is 0.375. The number of rotatable bonds is 8. The van der Waals surface area contributed by atoms with Crippen LogP contribution in [0.4, 0.5) is 0 Å². The van der Waals surface area contributed by atoms with E-state index < -0.39 is 22.0 Å². The number of hydrogen-bond acceptors (Lipinski definition) is 5. The fourth-order valence-electron chi connectivity index (χ4n) is 2.28. The molecule has 9 heteroatoms. The third-order valence-corrected chi connectivity index (χ3v) is 5.36. The predicted molar refractivity (Wildman–Crippen MR) is 91.3 cm³/mol. The lowest BCUT2D eigenvalue weighted by Crippen LogP contribution is -2.44. The monoisotopic (exact) mass is 367 g/mol. The number of para-hydroxylation sites is 2. The number of carbonyl (C=O) groups is 1. The number of benzene rings is 1. The van der Waals surface area contributed by atoms with Gasteiger partial charge in [-0.05, 0) is 18.1 Å². The van der Waals surface area contributed by atoms with E-state index in [0.717, 1.165) is 0 Å². The molecule has 1 heterocycles. The number of hydrogen-bond donors (Lipinski definition) is 2. The topological polar surface area (TPSA) is 111 Å². The van der Waals surface area contributed by atoms with Gasteiger partial charge < -0.3 is 9.84 Å². The summed E-state index contributed by atoms with van der Waals surface area (Å²) >= 11 is 0. The maximum absolute atomic E-state index is 12.5. The van der Waals surface area contributed by atoms with Gasteiger partial charge in [-0.3, -0.25) is 4.79 Å². The smallest absolute Gasteiger partial charge is 0.322 e. The Morgan fingerprint density at radius 2 is 2.08 bits per heavy atom. The van der Waals surface area contributed by atoms with Crippen molar-refractivity contribution in [3.05, 3.63) is 36.7 Å². The Bertz CT molecular complexity index is 847. The molecule has 0 amide bonds. The van der Waals surface area contributed by atoms with Gasteiger partial charge in [0.1, 0.15) is 22.4 Å². The average molecular weight is 367 g/mol. The third-order valence-electron chi connectivity index (χ3n) is 3.96. The van der Waals surface area contributed by atoms with Crippen molar-refractivity contribution in [3.8, 4) is 11.4 Å². The van der Waals surface area contributed by atoms with E-state index in [-0.39, 0.29) is 10.8 Å². The average Bonchev–Trinajstić information content (AvgIpc) is 3.09. The van der Waals surface area contributed by atoms with Crippen molar-refractivity contribution >= 4 is 16.0 Å². The summed E-state index contributed by atoms with van der Waals surface area (Å²) in [5.41, 5.74) is 0.572. The molecule has 0 aliphatic rings. The molecule has 2 atom stereocenters. The van der Waals surface area contributed by atoms with E-state index >= 15 is 0 Å². The normalized spacial score (nSPS) is 14.0. The molecule has 0 fully saturated rings. The SMILES string of the molecule is CC[C@H](C)[C@H](NS(=O)(=O)c1cnn(-c2ccccc2OC)c1)C(=O)O. The number of carboxylic acids is 1. The highest BCUT2D eigenvalue weighted by molar-refractivity contribution is 7.89. The first kappa shape index (κ1) is 18.9. The van der Waals surface area contributed by atoms with Gasteiger partial charge in [0.2, 0.25) is 10.0 Å². The Morgan fingerprint density at radius 3 is 2.68 bits per heavy atom. The molecule has 2 aromatic rings. The van der Waals surface area contributed by atoms with Gasteiger partial charge in [0.25, 0.3) is 0 Å². The second-order valence-corrected chi connectivity index (χ2v) is 7.33. The number of carboxylic acid groups (broad SMARTS) is 1. The first-order valence-corrected chi connectivity index (χ1v) is 9.21. The predicted octanol–water partition coefficient (Wildman–Crippen LogP) is 1.66. The molecule has 2 rings (SSSR count). The number of aromatic nitrogens is 2. The van der Waals surface area contributed by atoms with E-state index in [2.05, 4.69) is 9.82 Å². The molecule has 0 unspecified atom stereocenters. The second-order valence-electron chi connectivity index (χ2n) is 5.62. The highest BCUT2D eigenvalue weighted by Gasteiger charge is 2.30. The molecule has 1 aromatic heterocycles. The highest BCUT2D eigenvalue weighted by atomic mass is 32.2. The molecular weight excluding hydrogens is 346 g/mol. The number of methoxy groups -OCH3 is 1. The van der Waals surface area contributed by atoms with Crippen molar-refractivity contribution in [3.63, 3.8) is 0 Å². The van der Waals surface area contributed by atoms with Crippen LogP contribution >= 0.6 is 0 Å². The Morgan fingerprint density at radius 1 is 1.40 bits per heavy atom. The zero-order valence-electron chi connectivity index (χ0n) is 14.2. The number of nitrogens with one attached hydrogen (secondary N) is 1. The van der Waals surface area contributed by atoms with Crippen LogP contribution in [0.5, 0.6) is 5.75 Å². The maximum Gasteiger partial charge on any atom is 0.322 e. The molecule has 0 spiro atoms. The zero-order valence-corrected chi connectivity index (χ0v) is 15.0. The Labute approximate surface area is 146 Å². The van der Waals surface area contributed by atoms with E-state index in [4.69, 9.17) is 4.74 Å². The largest absolute Gasteiger partial charge is 0.494 e. The van der Waals surface area contributed by atoms with Gasteiger partial charge in [0, 0.05) is 0 Å². The number of sulfonamides is 1. The van der Waals surface area contributed by atoms with Crippen molar-refractivity contribution in [2.75, 3.05) is 7.11 Å². The van der Waals surface area contributed by atoms with Gasteiger partial charge in [-0.25, -0.2) is 13.1 Å². The maximum atomic E-state index is 12.5. The molecule has 0 aliphatic heterocycles. The lowest BCUT2D eigenvalue weighted by molar-refractivity contribution is -0.140. The van der Waals surface area contributed by atoms with E-state index in [9.17, 15) is 18.3 Å². The molecule has 0 saturated carbocycles. The van der Waals surface area contributed by atoms with E-state index in [1.54, 1.807) is 38.1 Å². The van der Waals surface area contributed by atoms with Crippen molar-refractivity contribution in [2.45, 2.75) is 31.2 Å². The van der Waals surface area contributed by atoms with Crippen molar-refractivity contribution in [2.24, 2.45) is 5.92 Å². The molecule has 25 heavy (non-hydrogen) atoms. The van der Waals surface area contributed by atoms with Gasteiger partial charge in [0.15, 0.2) is 0 Å². The zero-order chi connectivity index (χ0) is 18.6. The van der Waals surface area contributed by atoms with E-state index in [0.29, 0.717) is 17.9 Å². The lowest BCUT2D eigenvalue weighted by atomic mass is 10.0. The molecule has 0 saturated heterocycles. The first-order chi connectivity index (χ1) is 11.8. The van der Waals surface area contributed by atoms with Gasteiger partial charge in [-0.2, -0.15) is 9.82 Å². The van der Waals surface area contributed by atoms with Crippen LogP contribution in [0.25, 0.3) is 5.69 Å². The summed E-state index contributed by atoms with van der Waals surface area (Å²) in [6.45, 7) is 3.48. The Kier molecular flexibility index (Phi) is 5.81. The number of ether oxygens (including phenoxy) is 1. The Balaban J connectivity index is 2.33. The molecule has 8 nitrogen and oxygen atoms in total. The summed E-state index contributed by atoms with van der Waals surface area (Å²) in [7, 11) is -2.52. The summed E-state index contributed by atoms with van der Waals surface area (Å²) in [6, 6.07) is 5.82. The number of nitrogens with zero attached hydrogens (tertiary/aromatic N) is 2. The van der Waals surface area contributed by atoms with Crippen molar-refractivity contribution in [1.29, 1.82) is 0 Å².